The molecule has 26 heavy (non-hydrogen) atoms. The minimum atomic E-state index is -0.554. The first-order chi connectivity index (χ1) is 12.6. The Labute approximate surface area is 160 Å². The Bertz CT molecular complexity index is 688. The van der Waals surface area contributed by atoms with Crippen molar-refractivity contribution in [3.63, 3.8) is 0 Å². The second-order valence-corrected chi connectivity index (χ2v) is 6.44. The molecule has 2 aromatic carbocycles. The predicted octanol–water partition coefficient (Wildman–Crippen LogP) is 4.65. The largest absolute Gasteiger partial charge is 0.492 e. The molecular weight excluding hydrogens is 350 g/mol. The molecule has 5 heteroatoms. The summed E-state index contributed by atoms with van der Waals surface area (Å²) in [7, 11) is 0. The molecule has 0 bridgehead atoms. The number of hydrogen-bond donors (Lipinski definition) is 1. The van der Waals surface area contributed by atoms with Crippen molar-refractivity contribution in [3.05, 3.63) is 59.1 Å². The Kier molecular flexibility index (Phi) is 8.29. The van der Waals surface area contributed by atoms with Crippen LogP contribution in [-0.4, -0.2) is 25.2 Å². The average molecular weight is 376 g/mol. The van der Waals surface area contributed by atoms with Crippen LogP contribution >= 0.6 is 11.6 Å². The van der Waals surface area contributed by atoms with Crippen LogP contribution in [0.3, 0.4) is 0 Å². The maximum atomic E-state index is 12.3. The van der Waals surface area contributed by atoms with Crippen molar-refractivity contribution in [2.45, 2.75) is 39.2 Å². The molecule has 0 fully saturated rings. The molecule has 0 heterocycles. The lowest BCUT2D eigenvalue weighted by molar-refractivity contribution is -0.128. The summed E-state index contributed by atoms with van der Waals surface area (Å²) in [6.45, 7) is 4.90. The zero-order chi connectivity index (χ0) is 18.8. The first kappa shape index (κ1) is 20.1. The van der Waals surface area contributed by atoms with Gasteiger partial charge in [0.05, 0.1) is 6.54 Å². The zero-order valence-electron chi connectivity index (χ0n) is 15.3. The summed E-state index contributed by atoms with van der Waals surface area (Å²) in [5.74, 6) is 1.23. The molecular formula is C21H26ClNO3. The molecule has 0 saturated carbocycles. The van der Waals surface area contributed by atoms with Crippen molar-refractivity contribution in [3.8, 4) is 11.5 Å². The second kappa shape index (κ2) is 10.7. The molecule has 2 rings (SSSR count). The molecule has 0 saturated heterocycles. The van der Waals surface area contributed by atoms with Gasteiger partial charge in [-0.2, -0.15) is 0 Å². The van der Waals surface area contributed by atoms with Crippen LogP contribution in [0.1, 0.15) is 32.3 Å². The Morgan fingerprint density at radius 2 is 1.88 bits per heavy atom. The van der Waals surface area contributed by atoms with E-state index in [1.165, 1.54) is 5.56 Å². The van der Waals surface area contributed by atoms with Crippen LogP contribution in [0.15, 0.2) is 48.5 Å². The monoisotopic (exact) mass is 375 g/mol. The van der Waals surface area contributed by atoms with Gasteiger partial charge in [-0.3, -0.25) is 4.79 Å². The molecule has 0 aliphatic heterocycles. The van der Waals surface area contributed by atoms with Crippen molar-refractivity contribution in [1.29, 1.82) is 0 Å². The lowest BCUT2D eigenvalue weighted by atomic mass is 10.1. The number of ether oxygens (including phenoxy) is 2. The summed E-state index contributed by atoms with van der Waals surface area (Å²) >= 11 is 5.94. The number of rotatable bonds is 10. The van der Waals surface area contributed by atoms with Crippen molar-refractivity contribution < 1.29 is 14.3 Å². The SMILES string of the molecule is CCCc1ccc(OCCNC(=O)[C@@H](CC)Oc2cccc(Cl)c2)cc1. The summed E-state index contributed by atoms with van der Waals surface area (Å²) < 4.78 is 11.4. The van der Waals surface area contributed by atoms with Gasteiger partial charge in [0.15, 0.2) is 6.10 Å². The molecule has 140 valence electrons. The highest BCUT2D eigenvalue weighted by Crippen LogP contribution is 2.19. The van der Waals surface area contributed by atoms with Crippen molar-refractivity contribution in [2.75, 3.05) is 13.2 Å². The smallest absolute Gasteiger partial charge is 0.261 e. The molecule has 1 atom stereocenters. The van der Waals surface area contributed by atoms with E-state index >= 15 is 0 Å². The van der Waals surface area contributed by atoms with Gasteiger partial charge in [0.25, 0.3) is 5.91 Å². The van der Waals surface area contributed by atoms with Crippen molar-refractivity contribution >= 4 is 17.5 Å². The first-order valence-corrected chi connectivity index (χ1v) is 9.41. The van der Waals surface area contributed by atoms with E-state index in [2.05, 4.69) is 24.4 Å². The normalized spacial score (nSPS) is 11.7. The van der Waals surface area contributed by atoms with E-state index in [9.17, 15) is 4.79 Å². The summed E-state index contributed by atoms with van der Waals surface area (Å²) in [6.07, 6.45) is 2.21. The van der Waals surface area contributed by atoms with Gasteiger partial charge < -0.3 is 14.8 Å². The average Bonchev–Trinajstić information content (AvgIpc) is 2.64. The summed E-state index contributed by atoms with van der Waals surface area (Å²) in [6, 6.07) is 15.1. The van der Waals surface area contributed by atoms with Gasteiger partial charge in [0, 0.05) is 5.02 Å². The van der Waals surface area contributed by atoms with E-state index in [0.29, 0.717) is 30.3 Å². The van der Waals surface area contributed by atoms with Crippen LogP contribution in [0, 0.1) is 0 Å². The number of nitrogens with one attached hydrogen (secondary N) is 1. The minimum absolute atomic E-state index is 0.158. The fourth-order valence-electron chi connectivity index (χ4n) is 2.52. The van der Waals surface area contributed by atoms with Gasteiger partial charge in [-0.1, -0.05) is 50.1 Å². The van der Waals surface area contributed by atoms with Crippen molar-refractivity contribution in [2.24, 2.45) is 0 Å². The molecule has 0 unspecified atom stereocenters. The third-order valence-electron chi connectivity index (χ3n) is 3.87. The van der Waals surface area contributed by atoms with Crippen molar-refractivity contribution in [1.82, 2.24) is 5.32 Å². The van der Waals surface area contributed by atoms with Gasteiger partial charge in [0.2, 0.25) is 0 Å². The maximum absolute atomic E-state index is 12.3. The van der Waals surface area contributed by atoms with Gasteiger partial charge in [-0.05, 0) is 48.7 Å². The van der Waals surface area contributed by atoms with Crippen LogP contribution in [-0.2, 0) is 11.2 Å². The fraction of sp³-hybridized carbons (Fsp3) is 0.381. The number of halogens is 1. The van der Waals surface area contributed by atoms with Crippen LogP contribution in [0.5, 0.6) is 11.5 Å². The molecule has 0 radical (unpaired) electrons. The van der Waals surface area contributed by atoms with Crippen LogP contribution in [0.2, 0.25) is 5.02 Å². The molecule has 2 aromatic rings. The predicted molar refractivity (Wildman–Crippen MR) is 105 cm³/mol. The Morgan fingerprint density at radius 1 is 1.12 bits per heavy atom. The standard InChI is InChI=1S/C21H26ClNO3/c1-3-6-16-9-11-18(12-10-16)25-14-13-23-21(24)20(4-2)26-19-8-5-7-17(22)15-19/h5,7-12,15,20H,3-4,6,13-14H2,1-2H3,(H,23,24)/t20-/m1/s1. The van der Waals surface area contributed by atoms with Gasteiger partial charge in [-0.15, -0.1) is 0 Å². The first-order valence-electron chi connectivity index (χ1n) is 9.04. The van der Waals surface area contributed by atoms with E-state index in [-0.39, 0.29) is 5.91 Å². The van der Waals surface area contributed by atoms with Gasteiger partial charge in [0.1, 0.15) is 18.1 Å². The molecule has 1 N–H and O–H groups in total. The fourth-order valence-corrected chi connectivity index (χ4v) is 2.71. The lowest BCUT2D eigenvalue weighted by Crippen LogP contribution is -2.39. The van der Waals surface area contributed by atoms with E-state index in [4.69, 9.17) is 21.1 Å². The number of aryl methyl sites for hydroxylation is 1. The Balaban J connectivity index is 1.74. The quantitative estimate of drug-likeness (QED) is 0.615. The Hall–Kier alpha value is -2.20. The molecule has 0 aromatic heterocycles. The number of carbonyl (C=O) groups is 1. The number of hydrogen-bond acceptors (Lipinski definition) is 3. The molecule has 4 nitrogen and oxygen atoms in total. The second-order valence-electron chi connectivity index (χ2n) is 6.01. The maximum Gasteiger partial charge on any atom is 0.261 e. The lowest BCUT2D eigenvalue weighted by Gasteiger charge is -2.17. The number of carbonyl (C=O) groups excluding carboxylic acids is 1. The highest BCUT2D eigenvalue weighted by Gasteiger charge is 2.17. The molecule has 1 amide bonds. The van der Waals surface area contributed by atoms with E-state index in [1.54, 1.807) is 24.3 Å². The molecule has 0 aliphatic rings. The molecule has 0 aliphatic carbocycles. The summed E-state index contributed by atoms with van der Waals surface area (Å²) in [5.41, 5.74) is 1.30. The summed E-state index contributed by atoms with van der Waals surface area (Å²) in [4.78, 5) is 12.3. The topological polar surface area (TPSA) is 47.6 Å². The third kappa shape index (κ3) is 6.60. The summed E-state index contributed by atoms with van der Waals surface area (Å²) in [5, 5.41) is 3.43. The minimum Gasteiger partial charge on any atom is -0.492 e. The van der Waals surface area contributed by atoms with Gasteiger partial charge in [-0.25, -0.2) is 0 Å². The number of benzene rings is 2. The Morgan fingerprint density at radius 3 is 2.54 bits per heavy atom. The van der Waals surface area contributed by atoms with Crippen LogP contribution in [0.4, 0.5) is 0 Å². The molecule has 0 spiro atoms. The van der Waals surface area contributed by atoms with E-state index < -0.39 is 6.10 Å². The van der Waals surface area contributed by atoms with Gasteiger partial charge >= 0.3 is 0 Å². The van der Waals surface area contributed by atoms with E-state index in [1.807, 2.05) is 19.1 Å². The highest BCUT2D eigenvalue weighted by molar-refractivity contribution is 6.30. The van der Waals surface area contributed by atoms with Crippen LogP contribution in [0.25, 0.3) is 0 Å². The highest BCUT2D eigenvalue weighted by atomic mass is 35.5. The number of amides is 1. The zero-order valence-corrected chi connectivity index (χ0v) is 16.1. The van der Waals surface area contributed by atoms with Crippen LogP contribution < -0.4 is 14.8 Å². The third-order valence-corrected chi connectivity index (χ3v) is 4.10. The van der Waals surface area contributed by atoms with E-state index in [0.717, 1.165) is 18.6 Å².